The van der Waals surface area contributed by atoms with Crippen LogP contribution in [-0.2, 0) is 6.18 Å². The highest BCUT2D eigenvalue weighted by Crippen LogP contribution is 2.32. The van der Waals surface area contributed by atoms with Crippen LogP contribution >= 0.6 is 0 Å². The lowest BCUT2D eigenvalue weighted by molar-refractivity contribution is -0.137. The summed E-state index contributed by atoms with van der Waals surface area (Å²) in [5.74, 6) is 0.948. The lowest BCUT2D eigenvalue weighted by atomic mass is 10.2. The SMILES string of the molecule is O=Cc1cnn2c(NC3CC3)cc(Nc3cccc(C(F)(F)F)c3)nc12. The lowest BCUT2D eigenvalue weighted by Gasteiger charge is -2.13. The highest BCUT2D eigenvalue weighted by molar-refractivity contribution is 5.85. The van der Waals surface area contributed by atoms with Gasteiger partial charge in [0.15, 0.2) is 11.9 Å². The molecule has 0 amide bonds. The Kier molecular flexibility index (Phi) is 3.78. The molecule has 26 heavy (non-hydrogen) atoms. The molecule has 0 spiro atoms. The van der Waals surface area contributed by atoms with E-state index in [1.807, 2.05) is 0 Å². The number of anilines is 3. The van der Waals surface area contributed by atoms with E-state index < -0.39 is 11.7 Å². The molecule has 134 valence electrons. The van der Waals surface area contributed by atoms with E-state index in [2.05, 4.69) is 20.7 Å². The van der Waals surface area contributed by atoms with Gasteiger partial charge >= 0.3 is 6.18 Å². The highest BCUT2D eigenvalue weighted by Gasteiger charge is 2.30. The Morgan fingerprint density at radius 2 is 2.04 bits per heavy atom. The number of halogens is 3. The topological polar surface area (TPSA) is 71.3 Å². The van der Waals surface area contributed by atoms with Gasteiger partial charge in [-0.25, -0.2) is 4.98 Å². The quantitative estimate of drug-likeness (QED) is 0.675. The number of nitrogens with one attached hydrogen (secondary N) is 2. The third kappa shape index (κ3) is 3.19. The van der Waals surface area contributed by atoms with Gasteiger partial charge in [-0.05, 0) is 31.0 Å². The first-order valence-corrected chi connectivity index (χ1v) is 7.99. The molecule has 2 N–H and O–H groups in total. The summed E-state index contributed by atoms with van der Waals surface area (Å²) in [6.07, 6.45) is -0.320. The van der Waals surface area contributed by atoms with Gasteiger partial charge in [-0.3, -0.25) is 4.79 Å². The van der Waals surface area contributed by atoms with Crippen molar-refractivity contribution in [2.75, 3.05) is 10.6 Å². The summed E-state index contributed by atoms with van der Waals surface area (Å²) in [5, 5.41) is 10.3. The fraction of sp³-hybridized carbons (Fsp3) is 0.235. The third-order valence-electron chi connectivity index (χ3n) is 4.02. The first kappa shape index (κ1) is 16.4. The van der Waals surface area contributed by atoms with E-state index >= 15 is 0 Å². The molecule has 6 nitrogen and oxygen atoms in total. The van der Waals surface area contributed by atoms with Gasteiger partial charge in [0.2, 0.25) is 0 Å². The molecule has 3 aromatic rings. The van der Waals surface area contributed by atoms with Crippen LogP contribution in [0.4, 0.5) is 30.5 Å². The van der Waals surface area contributed by atoms with Crippen LogP contribution < -0.4 is 10.6 Å². The van der Waals surface area contributed by atoms with E-state index in [0.29, 0.717) is 35.2 Å². The Morgan fingerprint density at radius 1 is 1.23 bits per heavy atom. The van der Waals surface area contributed by atoms with Crippen LogP contribution in [0, 0.1) is 0 Å². The second-order valence-electron chi connectivity index (χ2n) is 6.10. The van der Waals surface area contributed by atoms with E-state index in [1.54, 1.807) is 6.07 Å². The minimum Gasteiger partial charge on any atom is -0.367 e. The minimum atomic E-state index is -4.43. The molecule has 1 aliphatic rings. The molecular formula is C17H14F3N5O. The molecule has 1 aliphatic carbocycles. The van der Waals surface area contributed by atoms with Crippen molar-refractivity contribution in [3.8, 4) is 0 Å². The van der Waals surface area contributed by atoms with Crippen molar-refractivity contribution in [2.45, 2.75) is 25.1 Å². The number of aromatic nitrogens is 3. The Hall–Kier alpha value is -3.10. The first-order chi connectivity index (χ1) is 12.4. The average molecular weight is 361 g/mol. The molecule has 1 fully saturated rings. The van der Waals surface area contributed by atoms with Crippen molar-refractivity contribution in [2.24, 2.45) is 0 Å². The van der Waals surface area contributed by atoms with Gasteiger partial charge in [0.25, 0.3) is 0 Å². The molecule has 0 atom stereocenters. The Bertz CT molecular complexity index is 978. The zero-order valence-electron chi connectivity index (χ0n) is 13.4. The standard InChI is InChI=1S/C17H14F3N5O/c18-17(19,20)11-2-1-3-13(6-11)22-14-7-15(23-12-4-5-12)25-16(24-14)10(9-26)8-21-25/h1-3,6-9,12,23H,4-5H2,(H,22,24). The fourth-order valence-electron chi connectivity index (χ4n) is 2.59. The Labute approximate surface area is 146 Å². The van der Waals surface area contributed by atoms with E-state index in [4.69, 9.17) is 0 Å². The number of hydrogen-bond donors (Lipinski definition) is 2. The largest absolute Gasteiger partial charge is 0.416 e. The number of rotatable bonds is 5. The van der Waals surface area contributed by atoms with Gasteiger partial charge in [0, 0.05) is 17.8 Å². The predicted molar refractivity (Wildman–Crippen MR) is 89.7 cm³/mol. The second-order valence-corrected chi connectivity index (χ2v) is 6.10. The zero-order chi connectivity index (χ0) is 18.3. The van der Waals surface area contributed by atoms with Crippen LogP contribution in [-0.4, -0.2) is 26.9 Å². The number of hydrogen-bond acceptors (Lipinski definition) is 5. The second kappa shape index (κ2) is 6.01. The number of carbonyl (C=O) groups excluding carboxylic acids is 1. The summed E-state index contributed by atoms with van der Waals surface area (Å²) < 4.78 is 40.2. The maximum Gasteiger partial charge on any atom is 0.416 e. The monoisotopic (exact) mass is 361 g/mol. The van der Waals surface area contributed by atoms with Crippen LogP contribution in [0.2, 0.25) is 0 Å². The molecular weight excluding hydrogens is 347 g/mol. The summed E-state index contributed by atoms with van der Waals surface area (Å²) in [6, 6.07) is 6.84. The normalized spacial score (nSPS) is 14.4. The smallest absolute Gasteiger partial charge is 0.367 e. The predicted octanol–water partition coefficient (Wildman–Crippen LogP) is 3.88. The molecule has 1 aromatic carbocycles. The maximum absolute atomic E-state index is 12.9. The van der Waals surface area contributed by atoms with Crippen molar-refractivity contribution in [1.29, 1.82) is 0 Å². The van der Waals surface area contributed by atoms with Gasteiger partial charge in [-0.2, -0.15) is 22.8 Å². The van der Waals surface area contributed by atoms with Crippen LogP contribution in [0.15, 0.2) is 36.5 Å². The zero-order valence-corrected chi connectivity index (χ0v) is 13.4. The number of alkyl halides is 3. The van der Waals surface area contributed by atoms with Crippen molar-refractivity contribution >= 4 is 29.3 Å². The van der Waals surface area contributed by atoms with Crippen LogP contribution in [0.1, 0.15) is 28.8 Å². The summed E-state index contributed by atoms with van der Waals surface area (Å²) in [5.41, 5.74) is 0.135. The van der Waals surface area contributed by atoms with Gasteiger partial charge < -0.3 is 10.6 Å². The molecule has 1 saturated carbocycles. The minimum absolute atomic E-state index is 0.251. The van der Waals surface area contributed by atoms with Crippen molar-refractivity contribution in [1.82, 2.24) is 14.6 Å². The molecule has 4 rings (SSSR count). The molecule has 2 heterocycles. The summed E-state index contributed by atoms with van der Waals surface area (Å²) in [7, 11) is 0. The van der Waals surface area contributed by atoms with Crippen LogP contribution in [0.5, 0.6) is 0 Å². The van der Waals surface area contributed by atoms with Crippen molar-refractivity contribution in [3.05, 3.63) is 47.7 Å². The Balaban J connectivity index is 1.73. The van der Waals surface area contributed by atoms with Gasteiger partial charge in [0.1, 0.15) is 11.6 Å². The molecule has 0 unspecified atom stereocenters. The van der Waals surface area contributed by atoms with Crippen molar-refractivity contribution in [3.63, 3.8) is 0 Å². The number of carbonyl (C=O) groups is 1. The van der Waals surface area contributed by atoms with Crippen LogP contribution in [0.25, 0.3) is 5.65 Å². The third-order valence-corrected chi connectivity index (χ3v) is 4.02. The molecule has 0 aliphatic heterocycles. The molecule has 0 radical (unpaired) electrons. The van der Waals surface area contributed by atoms with E-state index in [9.17, 15) is 18.0 Å². The molecule has 9 heteroatoms. The van der Waals surface area contributed by atoms with Gasteiger partial charge in [-0.1, -0.05) is 6.07 Å². The molecule has 2 aromatic heterocycles. The fourth-order valence-corrected chi connectivity index (χ4v) is 2.59. The van der Waals surface area contributed by atoms with Gasteiger partial charge in [-0.15, -0.1) is 0 Å². The maximum atomic E-state index is 12.9. The first-order valence-electron chi connectivity index (χ1n) is 7.99. The lowest BCUT2D eigenvalue weighted by Crippen LogP contribution is -2.09. The summed E-state index contributed by atoms with van der Waals surface area (Å²) in [4.78, 5) is 15.5. The highest BCUT2D eigenvalue weighted by atomic mass is 19.4. The van der Waals surface area contributed by atoms with Crippen LogP contribution in [0.3, 0.4) is 0 Å². The van der Waals surface area contributed by atoms with Crippen molar-refractivity contribution < 1.29 is 18.0 Å². The number of nitrogens with zero attached hydrogens (tertiary/aromatic N) is 3. The number of fused-ring (bicyclic) bond motifs is 1. The van der Waals surface area contributed by atoms with Gasteiger partial charge in [0.05, 0.1) is 17.3 Å². The number of benzene rings is 1. The van der Waals surface area contributed by atoms with E-state index in [-0.39, 0.29) is 5.69 Å². The summed E-state index contributed by atoms with van der Waals surface area (Å²) in [6.45, 7) is 0. The Morgan fingerprint density at radius 3 is 2.73 bits per heavy atom. The summed E-state index contributed by atoms with van der Waals surface area (Å²) >= 11 is 0. The number of aldehydes is 1. The average Bonchev–Trinajstić information content (AvgIpc) is 3.31. The molecule has 0 bridgehead atoms. The van der Waals surface area contributed by atoms with E-state index in [1.165, 1.54) is 22.8 Å². The molecule has 0 saturated heterocycles. The van der Waals surface area contributed by atoms with E-state index in [0.717, 1.165) is 25.0 Å².